The minimum absolute atomic E-state index is 0.0416. The van der Waals surface area contributed by atoms with Gasteiger partial charge in [-0.05, 0) is 30.9 Å². The summed E-state index contributed by atoms with van der Waals surface area (Å²) in [6, 6.07) is 5.13. The van der Waals surface area contributed by atoms with Gasteiger partial charge in [0.1, 0.15) is 11.8 Å². The maximum atomic E-state index is 11.8. The van der Waals surface area contributed by atoms with E-state index in [2.05, 4.69) is 10.3 Å². The van der Waals surface area contributed by atoms with Crippen LogP contribution in [-0.2, 0) is 0 Å². The molecule has 1 fully saturated rings. The van der Waals surface area contributed by atoms with Crippen LogP contribution in [0.25, 0.3) is 0 Å². The number of aromatic nitrogens is 1. The van der Waals surface area contributed by atoms with Crippen LogP contribution in [0.3, 0.4) is 0 Å². The summed E-state index contributed by atoms with van der Waals surface area (Å²) < 4.78 is 0. The summed E-state index contributed by atoms with van der Waals surface area (Å²) in [6.45, 7) is 0.451. The zero-order chi connectivity index (χ0) is 12.3. The van der Waals surface area contributed by atoms with Crippen molar-refractivity contribution in [2.75, 3.05) is 6.54 Å². The highest BCUT2D eigenvalue weighted by atomic mass is 16.1. The molecule has 1 heterocycles. The second-order valence-corrected chi connectivity index (χ2v) is 4.20. The van der Waals surface area contributed by atoms with Gasteiger partial charge in [0.2, 0.25) is 0 Å². The largest absolute Gasteiger partial charge is 0.346 e. The second-order valence-electron chi connectivity index (χ2n) is 4.20. The van der Waals surface area contributed by atoms with E-state index in [0.29, 0.717) is 23.7 Å². The number of nitriles is 1. The molecule has 1 amide bonds. The third kappa shape index (κ3) is 2.80. The molecule has 1 aliphatic rings. The third-order valence-corrected chi connectivity index (χ3v) is 2.89. The standard InChI is InChI=1S/C12H14N4O/c13-5-8-1-4-10(15-7-8)12(17)16-11(6-14)9-2-3-9/h1,4,7,9,11H,2-3,6,14H2,(H,16,17). The summed E-state index contributed by atoms with van der Waals surface area (Å²) in [5.41, 5.74) is 6.37. The van der Waals surface area contributed by atoms with Gasteiger partial charge in [-0.3, -0.25) is 4.79 Å². The Morgan fingerprint density at radius 2 is 2.41 bits per heavy atom. The van der Waals surface area contributed by atoms with Gasteiger partial charge in [0.15, 0.2) is 0 Å². The van der Waals surface area contributed by atoms with Crippen LogP contribution in [0.4, 0.5) is 0 Å². The molecule has 2 rings (SSSR count). The van der Waals surface area contributed by atoms with Crippen LogP contribution in [0.1, 0.15) is 28.9 Å². The van der Waals surface area contributed by atoms with Crippen molar-refractivity contribution in [3.8, 4) is 6.07 Å². The lowest BCUT2D eigenvalue weighted by Crippen LogP contribution is -2.42. The lowest BCUT2D eigenvalue weighted by Gasteiger charge is -2.15. The van der Waals surface area contributed by atoms with Crippen molar-refractivity contribution in [3.63, 3.8) is 0 Å². The summed E-state index contributed by atoms with van der Waals surface area (Å²) >= 11 is 0. The first-order valence-corrected chi connectivity index (χ1v) is 5.61. The first-order chi connectivity index (χ1) is 8.24. The summed E-state index contributed by atoms with van der Waals surface area (Å²) in [7, 11) is 0. The monoisotopic (exact) mass is 230 g/mol. The normalized spacial score (nSPS) is 16.0. The number of rotatable bonds is 4. The zero-order valence-electron chi connectivity index (χ0n) is 9.39. The molecule has 0 saturated heterocycles. The molecule has 1 aliphatic carbocycles. The topological polar surface area (TPSA) is 91.8 Å². The number of hydrogen-bond donors (Lipinski definition) is 2. The fraction of sp³-hybridized carbons (Fsp3) is 0.417. The minimum Gasteiger partial charge on any atom is -0.346 e. The number of amides is 1. The smallest absolute Gasteiger partial charge is 0.270 e. The number of nitrogens with two attached hydrogens (primary N) is 1. The average molecular weight is 230 g/mol. The second kappa shape index (κ2) is 4.93. The number of carbonyl (C=O) groups excluding carboxylic acids is 1. The number of nitrogens with zero attached hydrogens (tertiary/aromatic N) is 2. The number of nitrogens with one attached hydrogen (secondary N) is 1. The molecule has 5 heteroatoms. The van der Waals surface area contributed by atoms with Crippen LogP contribution in [0.5, 0.6) is 0 Å². The minimum atomic E-state index is -0.225. The first kappa shape index (κ1) is 11.6. The highest BCUT2D eigenvalue weighted by Crippen LogP contribution is 2.32. The van der Waals surface area contributed by atoms with E-state index in [1.165, 1.54) is 6.20 Å². The molecule has 0 spiro atoms. The molecule has 0 aromatic carbocycles. The predicted octanol–water partition coefficient (Wildman–Crippen LogP) is 0.420. The van der Waals surface area contributed by atoms with E-state index in [4.69, 9.17) is 11.0 Å². The molecule has 5 nitrogen and oxygen atoms in total. The van der Waals surface area contributed by atoms with Crippen LogP contribution in [0.15, 0.2) is 18.3 Å². The van der Waals surface area contributed by atoms with E-state index in [1.807, 2.05) is 6.07 Å². The lowest BCUT2D eigenvalue weighted by atomic mass is 10.2. The fourth-order valence-electron chi connectivity index (χ4n) is 1.70. The molecule has 1 atom stereocenters. The summed E-state index contributed by atoms with van der Waals surface area (Å²) in [6.07, 6.45) is 3.65. The van der Waals surface area contributed by atoms with Crippen molar-refractivity contribution < 1.29 is 4.79 Å². The van der Waals surface area contributed by atoms with Crippen molar-refractivity contribution in [1.29, 1.82) is 5.26 Å². The molecular weight excluding hydrogens is 216 g/mol. The molecule has 1 aromatic rings. The zero-order valence-corrected chi connectivity index (χ0v) is 9.39. The van der Waals surface area contributed by atoms with E-state index in [0.717, 1.165) is 12.8 Å². The van der Waals surface area contributed by atoms with Gasteiger partial charge in [0.25, 0.3) is 5.91 Å². The van der Waals surface area contributed by atoms with Crippen LogP contribution >= 0.6 is 0 Å². The quantitative estimate of drug-likeness (QED) is 0.784. The Morgan fingerprint density at radius 1 is 1.65 bits per heavy atom. The van der Waals surface area contributed by atoms with Crippen molar-refractivity contribution >= 4 is 5.91 Å². The Kier molecular flexibility index (Phi) is 3.35. The Labute approximate surface area is 99.6 Å². The Hall–Kier alpha value is -1.93. The van der Waals surface area contributed by atoms with E-state index in [-0.39, 0.29) is 11.9 Å². The molecule has 0 aliphatic heterocycles. The van der Waals surface area contributed by atoms with Crippen LogP contribution in [0, 0.1) is 17.2 Å². The van der Waals surface area contributed by atoms with Crippen molar-refractivity contribution in [1.82, 2.24) is 10.3 Å². The van der Waals surface area contributed by atoms with Crippen molar-refractivity contribution in [2.45, 2.75) is 18.9 Å². The molecule has 0 radical (unpaired) electrons. The Bertz CT molecular complexity index is 445. The van der Waals surface area contributed by atoms with E-state index < -0.39 is 0 Å². The predicted molar refractivity (Wildman–Crippen MR) is 62.0 cm³/mol. The fourth-order valence-corrected chi connectivity index (χ4v) is 1.70. The highest BCUT2D eigenvalue weighted by Gasteiger charge is 2.31. The van der Waals surface area contributed by atoms with Crippen LogP contribution in [0.2, 0.25) is 0 Å². The first-order valence-electron chi connectivity index (χ1n) is 5.61. The number of pyridine rings is 1. The van der Waals surface area contributed by atoms with Crippen LogP contribution in [-0.4, -0.2) is 23.5 Å². The van der Waals surface area contributed by atoms with Gasteiger partial charge >= 0.3 is 0 Å². The SMILES string of the molecule is N#Cc1ccc(C(=O)NC(CN)C2CC2)nc1. The molecule has 88 valence electrons. The van der Waals surface area contributed by atoms with E-state index in [1.54, 1.807) is 12.1 Å². The maximum Gasteiger partial charge on any atom is 0.270 e. The van der Waals surface area contributed by atoms with E-state index >= 15 is 0 Å². The van der Waals surface area contributed by atoms with E-state index in [9.17, 15) is 4.79 Å². The molecule has 0 bridgehead atoms. The molecule has 3 N–H and O–H groups in total. The maximum absolute atomic E-state index is 11.8. The molecule has 1 unspecified atom stereocenters. The molecule has 1 saturated carbocycles. The summed E-state index contributed by atoms with van der Waals surface area (Å²) in [5.74, 6) is 0.291. The average Bonchev–Trinajstić information content (AvgIpc) is 3.20. The van der Waals surface area contributed by atoms with Gasteiger partial charge in [-0.25, -0.2) is 4.98 Å². The highest BCUT2D eigenvalue weighted by molar-refractivity contribution is 5.92. The summed E-state index contributed by atoms with van der Waals surface area (Å²) in [5, 5.41) is 11.5. The Morgan fingerprint density at radius 3 is 2.88 bits per heavy atom. The summed E-state index contributed by atoms with van der Waals surface area (Å²) in [4.78, 5) is 15.8. The molecule has 17 heavy (non-hydrogen) atoms. The van der Waals surface area contributed by atoms with Gasteiger partial charge in [-0.1, -0.05) is 0 Å². The van der Waals surface area contributed by atoms with Gasteiger partial charge in [-0.2, -0.15) is 5.26 Å². The number of carbonyl (C=O) groups is 1. The number of hydrogen-bond acceptors (Lipinski definition) is 4. The Balaban J connectivity index is 2.01. The van der Waals surface area contributed by atoms with Gasteiger partial charge in [-0.15, -0.1) is 0 Å². The van der Waals surface area contributed by atoms with Crippen molar-refractivity contribution in [3.05, 3.63) is 29.6 Å². The molecular formula is C12H14N4O. The lowest BCUT2D eigenvalue weighted by molar-refractivity contribution is 0.0928. The van der Waals surface area contributed by atoms with Crippen LogP contribution < -0.4 is 11.1 Å². The third-order valence-electron chi connectivity index (χ3n) is 2.89. The van der Waals surface area contributed by atoms with Gasteiger partial charge < -0.3 is 11.1 Å². The van der Waals surface area contributed by atoms with Gasteiger partial charge in [0.05, 0.1) is 5.56 Å². The molecule has 1 aromatic heterocycles. The van der Waals surface area contributed by atoms with Crippen molar-refractivity contribution in [2.24, 2.45) is 11.7 Å². The van der Waals surface area contributed by atoms with Gasteiger partial charge in [0, 0.05) is 18.8 Å².